The molecule has 0 radical (unpaired) electrons. The van der Waals surface area contributed by atoms with Gasteiger partial charge in [0, 0.05) is 24.4 Å². The Hall–Kier alpha value is -1.19. The number of nitrogens with zero attached hydrogens (tertiary/aromatic N) is 1. The van der Waals surface area contributed by atoms with Crippen LogP contribution in [0.2, 0.25) is 0 Å². The number of rotatable bonds is 4. The molecule has 1 aromatic carbocycles. The second kappa shape index (κ2) is 5.90. The summed E-state index contributed by atoms with van der Waals surface area (Å²) in [6.07, 6.45) is 6.38. The van der Waals surface area contributed by atoms with Crippen LogP contribution in [-0.2, 0) is 19.3 Å². The van der Waals surface area contributed by atoms with Gasteiger partial charge >= 0.3 is 0 Å². The summed E-state index contributed by atoms with van der Waals surface area (Å²) < 4.78 is 0. The number of benzene rings is 1. The number of hydrogen-bond donors (Lipinski definition) is 1. The van der Waals surface area contributed by atoms with Crippen LogP contribution in [-0.4, -0.2) is 17.6 Å². The van der Waals surface area contributed by atoms with Gasteiger partial charge in [0.05, 0.1) is 11.2 Å². The smallest absolute Gasteiger partial charge is 0.0794 e. The first kappa shape index (κ1) is 13.5. The van der Waals surface area contributed by atoms with Crippen molar-refractivity contribution in [1.29, 1.82) is 0 Å². The number of thiazole rings is 1. The molecule has 2 aliphatic rings. The Kier molecular flexibility index (Phi) is 3.78. The summed E-state index contributed by atoms with van der Waals surface area (Å²) in [5, 5.41) is 6.03. The lowest BCUT2D eigenvalue weighted by atomic mass is 9.94. The van der Waals surface area contributed by atoms with Crippen LogP contribution in [0.1, 0.15) is 29.7 Å². The number of hydrogen-bond acceptors (Lipinski definition) is 3. The van der Waals surface area contributed by atoms with Gasteiger partial charge in [0.15, 0.2) is 0 Å². The molecule has 2 unspecified atom stereocenters. The molecule has 1 N–H and O–H groups in total. The summed E-state index contributed by atoms with van der Waals surface area (Å²) in [7, 11) is 0. The Morgan fingerprint density at radius 3 is 2.43 bits per heavy atom. The second-order valence-corrected chi connectivity index (χ2v) is 7.20. The topological polar surface area (TPSA) is 24.9 Å². The quantitative estimate of drug-likeness (QED) is 0.935. The Morgan fingerprint density at radius 1 is 1.10 bits per heavy atom. The fraction of sp³-hybridized carbons (Fsp3) is 0.500. The van der Waals surface area contributed by atoms with Gasteiger partial charge in [-0.2, -0.15) is 0 Å². The molecule has 3 heteroatoms. The van der Waals surface area contributed by atoms with Gasteiger partial charge in [-0.05, 0) is 48.6 Å². The average Bonchev–Trinajstić information content (AvgIpc) is 3.08. The maximum atomic E-state index is 4.38. The van der Waals surface area contributed by atoms with E-state index in [0.717, 1.165) is 24.8 Å². The van der Waals surface area contributed by atoms with Crippen molar-refractivity contribution in [1.82, 2.24) is 10.3 Å². The summed E-state index contributed by atoms with van der Waals surface area (Å²) in [5.41, 5.74) is 6.35. The van der Waals surface area contributed by atoms with E-state index in [2.05, 4.69) is 39.9 Å². The van der Waals surface area contributed by atoms with E-state index in [1.165, 1.54) is 31.4 Å². The minimum Gasteiger partial charge on any atom is -0.313 e. The van der Waals surface area contributed by atoms with Crippen molar-refractivity contribution in [3.63, 3.8) is 0 Å². The van der Waals surface area contributed by atoms with Gasteiger partial charge in [-0.25, -0.2) is 4.98 Å². The molecule has 1 aromatic heterocycles. The van der Waals surface area contributed by atoms with Crippen LogP contribution < -0.4 is 5.32 Å². The van der Waals surface area contributed by atoms with Crippen LogP contribution in [0.25, 0.3) is 0 Å². The predicted molar refractivity (Wildman–Crippen MR) is 87.7 cm³/mol. The first-order chi connectivity index (χ1) is 10.4. The summed E-state index contributed by atoms with van der Waals surface area (Å²) >= 11 is 1.70. The Bertz CT molecular complexity index is 560. The lowest BCUT2D eigenvalue weighted by Crippen LogP contribution is -2.39. The lowest BCUT2D eigenvalue weighted by Gasteiger charge is -2.23. The molecule has 1 fully saturated rings. The molecule has 0 aliphatic heterocycles. The van der Waals surface area contributed by atoms with Gasteiger partial charge in [-0.3, -0.25) is 0 Å². The zero-order chi connectivity index (χ0) is 14.1. The molecule has 2 aromatic rings. The van der Waals surface area contributed by atoms with Crippen molar-refractivity contribution in [3.05, 3.63) is 52.0 Å². The molecule has 2 aliphatic carbocycles. The van der Waals surface area contributed by atoms with Crippen LogP contribution in [0, 0.1) is 11.8 Å². The van der Waals surface area contributed by atoms with E-state index in [1.54, 1.807) is 22.5 Å². The minimum atomic E-state index is 0.705. The zero-order valence-electron chi connectivity index (χ0n) is 12.3. The van der Waals surface area contributed by atoms with E-state index >= 15 is 0 Å². The molecule has 21 heavy (non-hydrogen) atoms. The third-order valence-corrected chi connectivity index (χ3v) is 5.89. The SMILES string of the molecule is c1ccc2c(c1)CC1CCC(C2)C1NCCc1cscn1. The van der Waals surface area contributed by atoms with Gasteiger partial charge in [-0.15, -0.1) is 11.3 Å². The highest BCUT2D eigenvalue weighted by Crippen LogP contribution is 2.39. The van der Waals surface area contributed by atoms with E-state index in [-0.39, 0.29) is 0 Å². The van der Waals surface area contributed by atoms with E-state index in [9.17, 15) is 0 Å². The number of fused-ring (bicyclic) bond motifs is 3. The van der Waals surface area contributed by atoms with Gasteiger partial charge < -0.3 is 5.32 Å². The van der Waals surface area contributed by atoms with Gasteiger partial charge in [-0.1, -0.05) is 24.3 Å². The minimum absolute atomic E-state index is 0.705. The van der Waals surface area contributed by atoms with Crippen LogP contribution in [0.5, 0.6) is 0 Å². The largest absolute Gasteiger partial charge is 0.313 e. The molecule has 0 saturated heterocycles. The molecule has 2 atom stereocenters. The lowest BCUT2D eigenvalue weighted by molar-refractivity contribution is 0.344. The maximum Gasteiger partial charge on any atom is 0.0794 e. The average molecular weight is 298 g/mol. The Balaban J connectivity index is 1.43. The molecule has 1 heterocycles. The molecule has 110 valence electrons. The summed E-state index contributed by atoms with van der Waals surface area (Å²) in [6, 6.07) is 9.77. The fourth-order valence-corrected chi connectivity index (χ4v) is 4.81. The molecular formula is C18H22N2S. The van der Waals surface area contributed by atoms with E-state index in [4.69, 9.17) is 0 Å². The third-order valence-electron chi connectivity index (χ3n) is 5.25. The highest BCUT2D eigenvalue weighted by molar-refractivity contribution is 7.07. The maximum absolute atomic E-state index is 4.38. The standard InChI is InChI=1S/C18H22N2S/c1-2-4-14-10-16-6-5-15(9-13(14)3-1)18(16)19-8-7-17-11-21-12-20-17/h1-4,11-12,15-16,18-19H,5-10H2. The number of aromatic nitrogens is 1. The molecule has 4 rings (SSSR count). The van der Waals surface area contributed by atoms with Crippen molar-refractivity contribution in [2.75, 3.05) is 6.54 Å². The summed E-state index contributed by atoms with van der Waals surface area (Å²) in [5.74, 6) is 1.66. The fourth-order valence-electron chi connectivity index (χ4n) is 4.21. The molecule has 1 saturated carbocycles. The van der Waals surface area contributed by atoms with Gasteiger partial charge in [0.2, 0.25) is 0 Å². The first-order valence-corrected chi connectivity index (χ1v) is 9.01. The zero-order valence-corrected chi connectivity index (χ0v) is 13.1. The van der Waals surface area contributed by atoms with E-state index in [0.29, 0.717) is 6.04 Å². The second-order valence-electron chi connectivity index (χ2n) is 6.48. The predicted octanol–water partition coefficient (Wildman–Crippen LogP) is 3.47. The van der Waals surface area contributed by atoms with Crippen molar-refractivity contribution < 1.29 is 0 Å². The third kappa shape index (κ3) is 2.77. The van der Waals surface area contributed by atoms with Crippen LogP contribution in [0.3, 0.4) is 0 Å². The molecule has 0 amide bonds. The molecule has 2 nitrogen and oxygen atoms in total. The van der Waals surface area contributed by atoms with E-state index in [1.807, 2.05) is 5.51 Å². The van der Waals surface area contributed by atoms with Crippen molar-refractivity contribution >= 4 is 11.3 Å². The van der Waals surface area contributed by atoms with Crippen molar-refractivity contribution in [2.45, 2.75) is 38.1 Å². The first-order valence-electron chi connectivity index (χ1n) is 8.07. The highest BCUT2D eigenvalue weighted by atomic mass is 32.1. The van der Waals surface area contributed by atoms with Gasteiger partial charge in [0.1, 0.15) is 0 Å². The Morgan fingerprint density at radius 2 is 1.81 bits per heavy atom. The van der Waals surface area contributed by atoms with Crippen LogP contribution in [0.4, 0.5) is 0 Å². The summed E-state index contributed by atoms with van der Waals surface area (Å²) in [4.78, 5) is 4.38. The molecule has 0 spiro atoms. The number of nitrogens with one attached hydrogen (secondary N) is 1. The normalized spacial score (nSPS) is 27.3. The Labute approximate surface area is 130 Å². The van der Waals surface area contributed by atoms with Crippen LogP contribution in [0.15, 0.2) is 35.2 Å². The monoisotopic (exact) mass is 298 g/mol. The van der Waals surface area contributed by atoms with E-state index < -0.39 is 0 Å². The van der Waals surface area contributed by atoms with Crippen molar-refractivity contribution in [3.8, 4) is 0 Å². The van der Waals surface area contributed by atoms with Gasteiger partial charge in [0.25, 0.3) is 0 Å². The van der Waals surface area contributed by atoms with Crippen LogP contribution >= 0.6 is 11.3 Å². The van der Waals surface area contributed by atoms with Crippen molar-refractivity contribution in [2.24, 2.45) is 11.8 Å². The highest BCUT2D eigenvalue weighted by Gasteiger charge is 2.38. The molecular weight excluding hydrogens is 276 g/mol. The summed E-state index contributed by atoms with van der Waals surface area (Å²) in [6.45, 7) is 1.07. The molecule has 2 bridgehead atoms.